The number of rotatable bonds is 9. The van der Waals surface area contributed by atoms with E-state index < -0.39 is 18.1 Å². The van der Waals surface area contributed by atoms with Crippen molar-refractivity contribution in [2.45, 2.75) is 44.3 Å². The summed E-state index contributed by atoms with van der Waals surface area (Å²) >= 11 is 0. The number of benzene rings is 2. The Balaban J connectivity index is 1.64. The highest BCUT2D eigenvalue weighted by Gasteiger charge is 2.35. The Kier molecular flexibility index (Phi) is 7.78. The average molecular weight is 424 g/mol. The van der Waals surface area contributed by atoms with Crippen LogP contribution in [0.2, 0.25) is 0 Å². The van der Waals surface area contributed by atoms with Crippen LogP contribution >= 0.6 is 0 Å². The monoisotopic (exact) mass is 423 g/mol. The van der Waals surface area contributed by atoms with Gasteiger partial charge in [0.15, 0.2) is 0 Å². The van der Waals surface area contributed by atoms with Crippen molar-refractivity contribution in [1.82, 2.24) is 15.5 Å². The van der Waals surface area contributed by atoms with Crippen molar-refractivity contribution in [2.24, 2.45) is 0 Å². The molecule has 2 aromatic carbocycles. The first-order valence-corrected chi connectivity index (χ1v) is 10.6. The van der Waals surface area contributed by atoms with Crippen LogP contribution in [0.3, 0.4) is 0 Å². The second kappa shape index (κ2) is 10.7. The minimum Gasteiger partial charge on any atom is -0.480 e. The van der Waals surface area contributed by atoms with Crippen molar-refractivity contribution < 1.29 is 19.5 Å². The molecule has 7 heteroatoms. The van der Waals surface area contributed by atoms with Crippen LogP contribution in [0, 0.1) is 0 Å². The highest BCUT2D eigenvalue weighted by atomic mass is 16.4. The third kappa shape index (κ3) is 6.15. The lowest BCUT2D eigenvalue weighted by Crippen LogP contribution is -2.52. The van der Waals surface area contributed by atoms with Gasteiger partial charge in [-0.15, -0.1) is 0 Å². The number of hydrogen-bond donors (Lipinski definition) is 3. The van der Waals surface area contributed by atoms with Crippen molar-refractivity contribution in [3.8, 4) is 0 Å². The van der Waals surface area contributed by atoms with Gasteiger partial charge in [0.2, 0.25) is 5.91 Å². The second-order valence-electron chi connectivity index (χ2n) is 7.88. The third-order valence-electron chi connectivity index (χ3n) is 5.56. The minimum absolute atomic E-state index is 0.173. The fraction of sp³-hybridized carbons (Fsp3) is 0.375. The van der Waals surface area contributed by atoms with Gasteiger partial charge in [-0.3, -0.25) is 9.59 Å². The molecule has 1 heterocycles. The summed E-state index contributed by atoms with van der Waals surface area (Å²) in [6, 6.07) is 17.3. The van der Waals surface area contributed by atoms with Gasteiger partial charge in [0.05, 0.1) is 6.04 Å². The van der Waals surface area contributed by atoms with E-state index in [4.69, 9.17) is 0 Å². The maximum absolute atomic E-state index is 12.8. The molecule has 2 amide bonds. The van der Waals surface area contributed by atoms with Crippen LogP contribution in [0.25, 0.3) is 0 Å². The number of hydrogen-bond acceptors (Lipinski definition) is 4. The maximum atomic E-state index is 12.8. The van der Waals surface area contributed by atoms with Crippen LogP contribution < -0.4 is 10.6 Å². The van der Waals surface area contributed by atoms with Crippen LogP contribution in [0.4, 0.5) is 0 Å². The summed E-state index contributed by atoms with van der Waals surface area (Å²) in [5, 5.41) is 15.6. The van der Waals surface area contributed by atoms with E-state index in [1.54, 1.807) is 19.1 Å². The Hall–Kier alpha value is -3.19. The van der Waals surface area contributed by atoms with Gasteiger partial charge in [-0.25, -0.2) is 4.79 Å². The molecule has 7 nitrogen and oxygen atoms in total. The fourth-order valence-corrected chi connectivity index (χ4v) is 3.87. The number of aliphatic carboxylic acids is 1. The zero-order chi connectivity index (χ0) is 22.2. The van der Waals surface area contributed by atoms with Crippen molar-refractivity contribution in [3.05, 3.63) is 71.8 Å². The van der Waals surface area contributed by atoms with Crippen molar-refractivity contribution in [1.29, 1.82) is 0 Å². The summed E-state index contributed by atoms with van der Waals surface area (Å²) in [7, 11) is 0. The molecular weight excluding hydrogens is 394 g/mol. The van der Waals surface area contributed by atoms with Gasteiger partial charge in [-0.05, 0) is 43.9 Å². The lowest BCUT2D eigenvalue weighted by molar-refractivity contribution is -0.148. The van der Waals surface area contributed by atoms with Crippen LogP contribution in [0.5, 0.6) is 0 Å². The Labute approximate surface area is 182 Å². The first-order valence-electron chi connectivity index (χ1n) is 10.6. The smallest absolute Gasteiger partial charge is 0.326 e. The molecule has 0 saturated carbocycles. The normalized spacial score (nSPS) is 17.7. The molecule has 1 saturated heterocycles. The molecule has 3 rings (SSSR count). The third-order valence-corrected chi connectivity index (χ3v) is 5.56. The van der Waals surface area contributed by atoms with Crippen molar-refractivity contribution in [2.75, 3.05) is 13.1 Å². The van der Waals surface area contributed by atoms with Gasteiger partial charge < -0.3 is 20.6 Å². The van der Waals surface area contributed by atoms with Gasteiger partial charge in [0, 0.05) is 24.7 Å². The zero-order valence-electron chi connectivity index (χ0n) is 17.7. The highest BCUT2D eigenvalue weighted by molar-refractivity contribution is 5.94. The highest BCUT2D eigenvalue weighted by Crippen LogP contribution is 2.18. The summed E-state index contributed by atoms with van der Waals surface area (Å²) in [6.45, 7) is 2.57. The number of carboxylic acids is 1. The molecule has 1 aliphatic heterocycles. The fourth-order valence-electron chi connectivity index (χ4n) is 3.87. The molecule has 0 unspecified atom stereocenters. The summed E-state index contributed by atoms with van der Waals surface area (Å²) in [5.41, 5.74) is 1.65. The molecule has 0 bridgehead atoms. The lowest BCUT2D eigenvalue weighted by atomic mass is 10.0. The molecular formula is C24H29N3O4. The quantitative estimate of drug-likeness (QED) is 0.574. The molecule has 0 aromatic heterocycles. The number of carbonyl (C=O) groups is 3. The van der Waals surface area contributed by atoms with E-state index in [9.17, 15) is 19.5 Å². The Bertz CT molecular complexity index is 888. The molecule has 1 fully saturated rings. The minimum atomic E-state index is -0.963. The second-order valence-corrected chi connectivity index (χ2v) is 7.88. The molecule has 0 aliphatic carbocycles. The van der Waals surface area contributed by atoms with Crippen LogP contribution in [0.15, 0.2) is 60.7 Å². The zero-order valence-corrected chi connectivity index (χ0v) is 17.7. The Morgan fingerprint density at radius 1 is 1.06 bits per heavy atom. The van der Waals surface area contributed by atoms with E-state index in [1.807, 2.05) is 48.5 Å². The van der Waals surface area contributed by atoms with Crippen molar-refractivity contribution >= 4 is 17.8 Å². The number of nitrogens with one attached hydrogen (secondary N) is 2. The first kappa shape index (κ1) is 22.5. The molecule has 3 atom stereocenters. The number of amides is 2. The Morgan fingerprint density at radius 3 is 2.35 bits per heavy atom. The maximum Gasteiger partial charge on any atom is 0.326 e. The predicted molar refractivity (Wildman–Crippen MR) is 118 cm³/mol. The van der Waals surface area contributed by atoms with Crippen molar-refractivity contribution in [3.63, 3.8) is 0 Å². The summed E-state index contributed by atoms with van der Waals surface area (Å²) in [5.74, 6) is -1.36. The average Bonchev–Trinajstić information content (AvgIpc) is 3.28. The van der Waals surface area contributed by atoms with Crippen LogP contribution in [-0.2, 0) is 16.0 Å². The van der Waals surface area contributed by atoms with E-state index in [0.717, 1.165) is 5.56 Å². The first-order chi connectivity index (χ1) is 15.0. The number of nitrogens with zero attached hydrogens (tertiary/aromatic N) is 1. The number of likely N-dealkylation sites (tertiary alicyclic amines) is 1. The topological polar surface area (TPSA) is 98.7 Å². The van der Waals surface area contributed by atoms with Gasteiger partial charge in [0.1, 0.15) is 6.04 Å². The molecule has 31 heavy (non-hydrogen) atoms. The van der Waals surface area contributed by atoms with E-state index in [2.05, 4.69) is 10.6 Å². The summed E-state index contributed by atoms with van der Waals surface area (Å²) in [4.78, 5) is 38.3. The number of carboxylic acid groups (broad SMARTS) is 1. The largest absolute Gasteiger partial charge is 0.480 e. The SMILES string of the molecule is C[C@H](NC[C@H](Cc1ccccc1)NC(=O)c1ccccc1)C(=O)N1CCC[C@H]1C(=O)O. The van der Waals surface area contributed by atoms with Gasteiger partial charge in [-0.1, -0.05) is 48.5 Å². The van der Waals surface area contributed by atoms with Crippen LogP contribution in [0.1, 0.15) is 35.7 Å². The van der Waals surface area contributed by atoms with Gasteiger partial charge >= 0.3 is 5.97 Å². The standard InChI is InChI=1S/C24H29N3O4/c1-17(23(29)27-14-8-13-21(27)24(30)31)25-16-20(15-18-9-4-2-5-10-18)26-22(28)19-11-6-3-7-12-19/h2-7,9-12,17,20-21,25H,8,13-16H2,1H3,(H,26,28)(H,30,31)/t17-,20-,21-/m0/s1. The van der Waals surface area contributed by atoms with E-state index in [0.29, 0.717) is 37.9 Å². The lowest BCUT2D eigenvalue weighted by Gasteiger charge is -2.27. The summed E-state index contributed by atoms with van der Waals surface area (Å²) < 4.78 is 0. The number of carbonyl (C=O) groups excluding carboxylic acids is 2. The van der Waals surface area contributed by atoms with Crippen LogP contribution in [-0.4, -0.2) is 59.0 Å². The molecule has 0 radical (unpaired) electrons. The summed E-state index contributed by atoms with van der Waals surface area (Å²) in [6.07, 6.45) is 1.78. The van der Waals surface area contributed by atoms with E-state index >= 15 is 0 Å². The van der Waals surface area contributed by atoms with E-state index in [-0.39, 0.29) is 17.9 Å². The molecule has 3 N–H and O–H groups in total. The molecule has 0 spiro atoms. The molecule has 2 aromatic rings. The predicted octanol–water partition coefficient (Wildman–Crippen LogP) is 2.08. The molecule has 1 aliphatic rings. The molecule has 164 valence electrons. The van der Waals surface area contributed by atoms with Gasteiger partial charge in [-0.2, -0.15) is 0 Å². The Morgan fingerprint density at radius 2 is 1.71 bits per heavy atom. The van der Waals surface area contributed by atoms with E-state index in [1.165, 1.54) is 4.90 Å². The van der Waals surface area contributed by atoms with Gasteiger partial charge in [0.25, 0.3) is 5.91 Å².